The zero-order valence-corrected chi connectivity index (χ0v) is 11.1. The average Bonchev–Trinajstić information content (AvgIpc) is 2.40. The molecule has 0 fully saturated rings. The molecule has 1 aromatic rings. The predicted octanol–water partition coefficient (Wildman–Crippen LogP) is 2.82. The summed E-state index contributed by atoms with van der Waals surface area (Å²) in [6.45, 7) is 0. The number of allylic oxidation sites excluding steroid dienone is 1. The molecule has 5 nitrogen and oxygen atoms in total. The minimum atomic E-state index is -4.92. The Morgan fingerprint density at radius 1 is 1.33 bits per heavy atom. The molecule has 9 heteroatoms. The van der Waals surface area contributed by atoms with Crippen LogP contribution < -0.4 is 5.32 Å². The molecule has 1 aliphatic rings. The Hall–Kier alpha value is -2.22. The van der Waals surface area contributed by atoms with E-state index < -0.39 is 29.7 Å². The smallest absolute Gasteiger partial charge is 0.433 e. The highest BCUT2D eigenvalue weighted by Gasteiger charge is 2.45. The number of aliphatic carboxylic acids is 1. The van der Waals surface area contributed by atoms with E-state index in [-0.39, 0.29) is 4.42 Å². The van der Waals surface area contributed by atoms with Gasteiger partial charge in [0.2, 0.25) is 6.29 Å². The van der Waals surface area contributed by atoms with Gasteiger partial charge in [-0.05, 0) is 12.1 Å². The Labute approximate surface area is 122 Å². The average molecular weight is 320 g/mol. The molecule has 0 radical (unpaired) electrons. The lowest BCUT2D eigenvalue weighted by molar-refractivity contribution is -0.134. The molecule has 0 bridgehead atoms. The molecule has 1 aromatic carbocycles. The third-order valence-corrected chi connectivity index (χ3v) is 2.95. The summed E-state index contributed by atoms with van der Waals surface area (Å²) in [6.07, 6.45) is -5.54. The first-order chi connectivity index (χ1) is 9.80. The van der Waals surface area contributed by atoms with E-state index in [1.54, 1.807) is 30.3 Å². The summed E-state index contributed by atoms with van der Waals surface area (Å²) < 4.78 is 39.2. The van der Waals surface area contributed by atoms with Crippen LogP contribution >= 0.6 is 11.8 Å². The van der Waals surface area contributed by atoms with Crippen molar-refractivity contribution in [2.75, 3.05) is 5.32 Å². The number of carboxylic acid groups (broad SMARTS) is 1. The van der Waals surface area contributed by atoms with Gasteiger partial charge in [-0.15, -0.1) is 0 Å². The van der Waals surface area contributed by atoms with Gasteiger partial charge in [0.05, 0.1) is 0 Å². The van der Waals surface area contributed by atoms with E-state index in [2.05, 4.69) is 10.3 Å². The number of carbonyl (C=O) groups is 1. The molecule has 2 N–H and O–H groups in total. The van der Waals surface area contributed by atoms with Gasteiger partial charge in [0.1, 0.15) is 5.57 Å². The molecule has 21 heavy (non-hydrogen) atoms. The lowest BCUT2D eigenvalue weighted by Gasteiger charge is -2.31. The fourth-order valence-corrected chi connectivity index (χ4v) is 2.00. The van der Waals surface area contributed by atoms with Gasteiger partial charge in [0.15, 0.2) is 5.70 Å². The molecule has 0 saturated heterocycles. The van der Waals surface area contributed by atoms with Crippen molar-refractivity contribution < 1.29 is 23.1 Å². The maximum Gasteiger partial charge on any atom is 0.433 e. The topological polar surface area (TPSA) is 64.9 Å². The fourth-order valence-electron chi connectivity index (χ4n) is 1.71. The van der Waals surface area contributed by atoms with Crippen LogP contribution in [0.3, 0.4) is 0 Å². The van der Waals surface area contributed by atoms with Crippen molar-refractivity contribution in [1.82, 2.24) is 4.42 Å². The molecular formula is C12H9ClF3N3O2. The number of carboxylic acids is 1. The number of hydrogen-bond acceptors (Lipinski definition) is 4. The number of benzene rings is 1. The summed E-state index contributed by atoms with van der Waals surface area (Å²) >= 11 is 5.64. The maximum atomic E-state index is 13.0. The zero-order valence-electron chi connectivity index (χ0n) is 10.3. The van der Waals surface area contributed by atoms with Crippen LogP contribution in [-0.2, 0) is 4.79 Å². The van der Waals surface area contributed by atoms with Crippen molar-refractivity contribution in [2.24, 2.45) is 4.99 Å². The first kappa shape index (κ1) is 15.2. The third kappa shape index (κ3) is 3.27. The van der Waals surface area contributed by atoms with E-state index in [1.165, 1.54) is 0 Å². The number of rotatable bonds is 3. The van der Waals surface area contributed by atoms with E-state index in [9.17, 15) is 18.0 Å². The van der Waals surface area contributed by atoms with Crippen molar-refractivity contribution >= 4 is 29.6 Å². The monoisotopic (exact) mass is 319 g/mol. The molecule has 0 spiro atoms. The molecule has 0 saturated carbocycles. The van der Waals surface area contributed by atoms with Crippen LogP contribution in [-0.4, -0.2) is 34.2 Å². The number of para-hydroxylation sites is 1. The molecular weight excluding hydrogens is 311 g/mol. The Morgan fingerprint density at radius 3 is 2.48 bits per heavy atom. The highest BCUT2D eigenvalue weighted by Crippen LogP contribution is 2.35. The minimum Gasteiger partial charge on any atom is -0.478 e. The second-order valence-electron chi connectivity index (χ2n) is 4.04. The lowest BCUT2D eigenvalue weighted by atomic mass is 10.2. The Morgan fingerprint density at radius 2 is 1.95 bits per heavy atom. The molecule has 2 rings (SSSR count). The summed E-state index contributed by atoms with van der Waals surface area (Å²) in [5.74, 6) is -1.75. The second-order valence-corrected chi connectivity index (χ2v) is 4.40. The Balaban J connectivity index is 2.32. The van der Waals surface area contributed by atoms with Crippen LogP contribution in [0.2, 0.25) is 0 Å². The summed E-state index contributed by atoms with van der Waals surface area (Å²) in [5, 5.41) is 11.5. The van der Waals surface area contributed by atoms with Crippen molar-refractivity contribution in [1.29, 1.82) is 0 Å². The van der Waals surface area contributed by atoms with Crippen molar-refractivity contribution in [3.8, 4) is 0 Å². The third-order valence-electron chi connectivity index (χ3n) is 2.60. The van der Waals surface area contributed by atoms with Crippen LogP contribution in [0.5, 0.6) is 0 Å². The summed E-state index contributed by atoms with van der Waals surface area (Å²) in [7, 11) is 0. The largest absolute Gasteiger partial charge is 0.478 e. The number of nitrogens with zero attached hydrogens (tertiary/aromatic N) is 2. The first-order valence-electron chi connectivity index (χ1n) is 5.65. The van der Waals surface area contributed by atoms with E-state index in [1.807, 2.05) is 0 Å². The molecule has 1 unspecified atom stereocenters. The number of alkyl halides is 3. The number of nitrogens with one attached hydrogen (secondary N) is 1. The summed E-state index contributed by atoms with van der Waals surface area (Å²) in [6, 6.07) is 8.32. The van der Waals surface area contributed by atoms with Crippen LogP contribution in [0, 0.1) is 0 Å². The van der Waals surface area contributed by atoms with Gasteiger partial charge in [0, 0.05) is 23.7 Å². The molecule has 1 atom stereocenters. The molecule has 0 aromatic heterocycles. The number of aliphatic imine (C=N–C) groups is 1. The van der Waals surface area contributed by atoms with Gasteiger partial charge in [-0.25, -0.2) is 14.2 Å². The van der Waals surface area contributed by atoms with Crippen LogP contribution in [0.4, 0.5) is 18.9 Å². The van der Waals surface area contributed by atoms with Gasteiger partial charge >= 0.3 is 12.1 Å². The minimum absolute atomic E-state index is 0.233. The predicted molar refractivity (Wildman–Crippen MR) is 70.8 cm³/mol. The highest BCUT2D eigenvalue weighted by atomic mass is 35.5. The van der Waals surface area contributed by atoms with E-state index >= 15 is 0 Å². The van der Waals surface area contributed by atoms with Gasteiger partial charge < -0.3 is 10.4 Å². The van der Waals surface area contributed by atoms with Crippen molar-refractivity contribution in [2.45, 2.75) is 12.5 Å². The standard InChI is InChI=1S/C12H9ClF3N3O2/c13-19-9(12(14,15)16)8(10(20)21)6-17-11(19)18-7-4-2-1-3-5-7/h1-6,11,18H,(H,20,21). The molecule has 1 heterocycles. The van der Waals surface area contributed by atoms with Gasteiger partial charge in [-0.3, -0.25) is 0 Å². The van der Waals surface area contributed by atoms with Gasteiger partial charge in [0.25, 0.3) is 0 Å². The molecule has 0 amide bonds. The Kier molecular flexibility index (Phi) is 4.08. The number of anilines is 1. The molecule has 1 aliphatic heterocycles. The quantitative estimate of drug-likeness (QED) is 0.841. The first-order valence-corrected chi connectivity index (χ1v) is 5.99. The van der Waals surface area contributed by atoms with E-state index in [4.69, 9.17) is 16.9 Å². The molecule has 112 valence electrons. The van der Waals surface area contributed by atoms with Crippen molar-refractivity contribution in [3.05, 3.63) is 41.6 Å². The summed E-state index contributed by atoms with van der Waals surface area (Å²) in [4.78, 5) is 14.6. The van der Waals surface area contributed by atoms with Gasteiger partial charge in [-0.2, -0.15) is 13.2 Å². The van der Waals surface area contributed by atoms with Crippen molar-refractivity contribution in [3.63, 3.8) is 0 Å². The lowest BCUT2D eigenvalue weighted by Crippen LogP contribution is -2.41. The van der Waals surface area contributed by atoms with Crippen LogP contribution in [0.1, 0.15) is 0 Å². The SMILES string of the molecule is O=C(O)C1=C(C(F)(F)F)N(Cl)C(Nc2ccccc2)N=C1. The normalized spacial score (nSPS) is 18.9. The Bertz CT molecular complexity index is 602. The van der Waals surface area contributed by atoms with Crippen LogP contribution in [0.25, 0.3) is 0 Å². The number of hydrogen-bond donors (Lipinski definition) is 2. The number of halogens is 4. The summed E-state index contributed by atoms with van der Waals surface area (Å²) in [5.41, 5.74) is -1.99. The van der Waals surface area contributed by atoms with Gasteiger partial charge in [-0.1, -0.05) is 18.2 Å². The van der Waals surface area contributed by atoms with E-state index in [0.29, 0.717) is 11.9 Å². The van der Waals surface area contributed by atoms with Crippen LogP contribution in [0.15, 0.2) is 46.6 Å². The zero-order chi connectivity index (χ0) is 15.6. The maximum absolute atomic E-state index is 13.0. The second kappa shape index (κ2) is 5.65. The fraction of sp³-hybridized carbons (Fsp3) is 0.167. The highest BCUT2D eigenvalue weighted by molar-refractivity contribution is 6.18. The van der Waals surface area contributed by atoms with E-state index in [0.717, 1.165) is 0 Å². The molecule has 0 aliphatic carbocycles.